The van der Waals surface area contributed by atoms with Crippen LogP contribution in [0.2, 0.25) is 0 Å². The van der Waals surface area contributed by atoms with Gasteiger partial charge in [-0.1, -0.05) is 0 Å². The van der Waals surface area contributed by atoms with Gasteiger partial charge in [-0.3, -0.25) is 4.79 Å². The quantitative estimate of drug-likeness (QED) is 0.235. The Morgan fingerprint density at radius 3 is 2.07 bits per heavy atom. The Bertz CT molecular complexity index is 494. The molecule has 27 heavy (non-hydrogen) atoms. The molecule has 2 heterocycles. The summed E-state index contributed by atoms with van der Waals surface area (Å²) in [7, 11) is 0. The maximum atomic E-state index is 11.4. The lowest BCUT2D eigenvalue weighted by atomic mass is 9.88. The number of nitrogens with one attached hydrogen (secondary N) is 1. The van der Waals surface area contributed by atoms with Crippen molar-refractivity contribution < 1.29 is 49.6 Å². The monoisotopic (exact) mass is 395 g/mol. The van der Waals surface area contributed by atoms with Crippen molar-refractivity contribution in [2.24, 2.45) is 5.92 Å². The van der Waals surface area contributed by atoms with Crippen molar-refractivity contribution in [1.29, 1.82) is 0 Å². The van der Waals surface area contributed by atoms with E-state index in [0.717, 1.165) is 0 Å². The number of aliphatic hydroxyl groups excluding tert-OH is 6. The van der Waals surface area contributed by atoms with Gasteiger partial charge in [0.2, 0.25) is 5.91 Å². The van der Waals surface area contributed by atoms with Gasteiger partial charge in [0.05, 0.1) is 32.0 Å². The molecule has 0 aromatic carbocycles. The molecule has 0 aromatic heterocycles. The smallest absolute Gasteiger partial charge is 0.217 e. The summed E-state index contributed by atoms with van der Waals surface area (Å²) >= 11 is 0. The second-order valence-corrected chi connectivity index (χ2v) is 6.97. The van der Waals surface area contributed by atoms with E-state index in [9.17, 15) is 35.4 Å². The highest BCUT2D eigenvalue weighted by Crippen LogP contribution is 2.28. The first-order valence-corrected chi connectivity index (χ1v) is 8.84. The van der Waals surface area contributed by atoms with Gasteiger partial charge in [0.1, 0.15) is 36.6 Å². The maximum Gasteiger partial charge on any atom is 0.217 e. The molecule has 2 saturated heterocycles. The van der Waals surface area contributed by atoms with Crippen LogP contribution in [0.25, 0.3) is 0 Å². The zero-order valence-corrected chi connectivity index (χ0v) is 15.2. The molecule has 4 unspecified atom stereocenters. The maximum absolute atomic E-state index is 11.4. The van der Waals surface area contributed by atoms with E-state index in [2.05, 4.69) is 5.32 Å². The number of aliphatic hydroxyl groups is 6. The molecule has 2 aliphatic heterocycles. The van der Waals surface area contributed by atoms with Crippen LogP contribution in [-0.4, -0.2) is 111 Å². The first kappa shape index (κ1) is 22.4. The van der Waals surface area contributed by atoms with Crippen LogP contribution in [-0.2, 0) is 19.0 Å². The van der Waals surface area contributed by atoms with Gasteiger partial charge in [-0.25, -0.2) is 0 Å². The number of carbonyl (C=O) groups is 1. The fourth-order valence-corrected chi connectivity index (χ4v) is 3.41. The van der Waals surface area contributed by atoms with E-state index in [1.165, 1.54) is 6.92 Å². The topological polar surface area (TPSA) is 178 Å². The predicted octanol–water partition coefficient (Wildman–Crippen LogP) is -3.94. The molecule has 1 amide bonds. The Morgan fingerprint density at radius 1 is 0.963 bits per heavy atom. The molecule has 0 bridgehead atoms. The second kappa shape index (κ2) is 9.54. The van der Waals surface area contributed by atoms with Gasteiger partial charge in [-0.2, -0.15) is 0 Å². The number of hydrogen-bond donors (Lipinski definition) is 7. The summed E-state index contributed by atoms with van der Waals surface area (Å²) in [5.41, 5.74) is 0. The summed E-state index contributed by atoms with van der Waals surface area (Å²) in [6, 6.07) is -1.10. The summed E-state index contributed by atoms with van der Waals surface area (Å²) in [5.74, 6) is -1.16. The van der Waals surface area contributed by atoms with Crippen LogP contribution >= 0.6 is 0 Å². The summed E-state index contributed by atoms with van der Waals surface area (Å²) < 4.78 is 16.5. The highest BCUT2D eigenvalue weighted by atomic mass is 16.7. The minimum Gasteiger partial charge on any atom is -0.394 e. The molecular weight excluding hydrogens is 366 g/mol. The molecule has 11 nitrogen and oxygen atoms in total. The molecule has 0 spiro atoms. The van der Waals surface area contributed by atoms with Crippen LogP contribution in [0.15, 0.2) is 0 Å². The lowest BCUT2D eigenvalue weighted by Crippen LogP contribution is -2.65. The first-order valence-electron chi connectivity index (χ1n) is 8.84. The highest BCUT2D eigenvalue weighted by molar-refractivity contribution is 5.73. The molecule has 0 aromatic rings. The number of ether oxygens (including phenoxy) is 3. The molecule has 11 heteroatoms. The van der Waals surface area contributed by atoms with Gasteiger partial charge in [0, 0.05) is 12.8 Å². The zero-order valence-electron chi connectivity index (χ0n) is 15.2. The SMILES string of the molecule is CC(=O)NC1C(O)[C@H](O)[C@H](CO)O[C@H]1OCC1[C@@H](O)[C@H](O)C(CO)O[C@@H]1C. The standard InChI is InChI=1S/C16H29NO10/c1-6-8(12(21)13(22)9(3-18)26-6)5-25-16-11(17-7(2)20)15(24)14(23)10(4-19)27-16/h6,8-16,18-19,21-24H,3-5H2,1-2H3,(H,17,20)/t6-,8?,9?,10+,11?,12-,13-,14-,15?,16-/m1/s1. The lowest BCUT2D eigenvalue weighted by molar-refractivity contribution is -0.284. The molecule has 0 saturated carbocycles. The Balaban J connectivity index is 2.07. The van der Waals surface area contributed by atoms with Crippen LogP contribution < -0.4 is 5.32 Å². The van der Waals surface area contributed by atoms with E-state index in [1.54, 1.807) is 6.92 Å². The molecule has 158 valence electrons. The van der Waals surface area contributed by atoms with Gasteiger partial charge >= 0.3 is 0 Å². The Labute approximate surface area is 156 Å². The van der Waals surface area contributed by atoms with Gasteiger partial charge in [-0.15, -0.1) is 0 Å². The van der Waals surface area contributed by atoms with Crippen LogP contribution in [0.3, 0.4) is 0 Å². The molecule has 2 fully saturated rings. The summed E-state index contributed by atoms with van der Waals surface area (Å²) in [6.45, 7) is 1.68. The third-order valence-electron chi connectivity index (χ3n) is 5.05. The minimum absolute atomic E-state index is 0.167. The molecule has 2 rings (SSSR count). The van der Waals surface area contributed by atoms with E-state index < -0.39 is 80.1 Å². The Hall–Kier alpha value is -0.890. The average molecular weight is 395 g/mol. The van der Waals surface area contributed by atoms with E-state index in [1.807, 2.05) is 0 Å². The summed E-state index contributed by atoms with van der Waals surface area (Å²) in [4.78, 5) is 11.4. The van der Waals surface area contributed by atoms with E-state index in [-0.39, 0.29) is 6.61 Å². The van der Waals surface area contributed by atoms with Gasteiger partial charge in [0.25, 0.3) is 0 Å². The molecule has 0 radical (unpaired) electrons. The van der Waals surface area contributed by atoms with Crippen LogP contribution in [0.4, 0.5) is 0 Å². The Kier molecular flexibility index (Phi) is 7.92. The molecule has 0 aliphatic carbocycles. The fourth-order valence-electron chi connectivity index (χ4n) is 3.41. The van der Waals surface area contributed by atoms with Crippen molar-refractivity contribution in [2.75, 3.05) is 19.8 Å². The fraction of sp³-hybridized carbons (Fsp3) is 0.938. The molecule has 10 atom stereocenters. The Morgan fingerprint density at radius 2 is 1.52 bits per heavy atom. The van der Waals surface area contributed by atoms with Crippen LogP contribution in [0.5, 0.6) is 0 Å². The van der Waals surface area contributed by atoms with Crippen molar-refractivity contribution in [2.45, 2.75) is 68.9 Å². The van der Waals surface area contributed by atoms with E-state index >= 15 is 0 Å². The predicted molar refractivity (Wildman–Crippen MR) is 88.2 cm³/mol. The molecular formula is C16H29NO10. The third-order valence-corrected chi connectivity index (χ3v) is 5.05. The number of amides is 1. The van der Waals surface area contributed by atoms with Crippen molar-refractivity contribution in [1.82, 2.24) is 5.32 Å². The van der Waals surface area contributed by atoms with E-state index in [0.29, 0.717) is 0 Å². The van der Waals surface area contributed by atoms with Gasteiger partial charge in [0.15, 0.2) is 6.29 Å². The second-order valence-electron chi connectivity index (χ2n) is 6.97. The summed E-state index contributed by atoms with van der Waals surface area (Å²) in [6.07, 6.45) is -9.23. The lowest BCUT2D eigenvalue weighted by Gasteiger charge is -2.44. The molecule has 2 aliphatic rings. The van der Waals surface area contributed by atoms with Crippen molar-refractivity contribution >= 4 is 5.91 Å². The van der Waals surface area contributed by atoms with Crippen molar-refractivity contribution in [3.63, 3.8) is 0 Å². The van der Waals surface area contributed by atoms with Crippen molar-refractivity contribution in [3.05, 3.63) is 0 Å². The van der Waals surface area contributed by atoms with E-state index in [4.69, 9.17) is 14.2 Å². The zero-order chi connectivity index (χ0) is 20.3. The largest absolute Gasteiger partial charge is 0.394 e. The average Bonchev–Trinajstić information content (AvgIpc) is 2.63. The number of hydrogen-bond acceptors (Lipinski definition) is 10. The van der Waals surface area contributed by atoms with Crippen LogP contribution in [0.1, 0.15) is 13.8 Å². The molecule has 7 N–H and O–H groups in total. The minimum atomic E-state index is -1.45. The third kappa shape index (κ3) is 4.94. The van der Waals surface area contributed by atoms with Crippen LogP contribution in [0, 0.1) is 5.92 Å². The number of rotatable bonds is 6. The highest BCUT2D eigenvalue weighted by Gasteiger charge is 2.47. The van der Waals surface area contributed by atoms with Crippen molar-refractivity contribution in [3.8, 4) is 0 Å². The normalized spacial score (nSPS) is 45.5. The van der Waals surface area contributed by atoms with Gasteiger partial charge < -0.3 is 50.2 Å². The van der Waals surface area contributed by atoms with Gasteiger partial charge in [-0.05, 0) is 6.92 Å². The number of carbonyl (C=O) groups excluding carboxylic acids is 1. The summed E-state index contributed by atoms with van der Waals surface area (Å²) in [5, 5.41) is 61.4. The first-order chi connectivity index (χ1) is 12.7.